The Hall–Kier alpha value is -3.52. The van der Waals surface area contributed by atoms with Crippen molar-refractivity contribution in [3.8, 4) is 0 Å². The minimum absolute atomic E-state index is 0.0919. The maximum absolute atomic E-state index is 13.0. The fraction of sp³-hybridized carbons (Fsp3) is 0.238. The first-order valence-electron chi connectivity index (χ1n) is 9.31. The van der Waals surface area contributed by atoms with E-state index in [1.807, 2.05) is 0 Å². The topological polar surface area (TPSA) is 93.0 Å². The first-order chi connectivity index (χ1) is 14.0. The summed E-state index contributed by atoms with van der Waals surface area (Å²) >= 11 is 0. The predicted molar refractivity (Wildman–Crippen MR) is 106 cm³/mol. The van der Waals surface area contributed by atoms with Crippen LogP contribution in [0.3, 0.4) is 0 Å². The number of nitrogens with zero attached hydrogens (tertiary/aromatic N) is 3. The van der Waals surface area contributed by atoms with E-state index in [-0.39, 0.29) is 23.2 Å². The van der Waals surface area contributed by atoms with Crippen molar-refractivity contribution in [2.75, 3.05) is 31.6 Å². The summed E-state index contributed by atoms with van der Waals surface area (Å²) in [6.07, 6.45) is 1.69. The Morgan fingerprint density at radius 3 is 2.62 bits per heavy atom. The molecule has 3 aromatic rings. The normalized spacial score (nSPS) is 14.0. The summed E-state index contributed by atoms with van der Waals surface area (Å²) in [7, 11) is 0. The van der Waals surface area contributed by atoms with Gasteiger partial charge in [-0.05, 0) is 31.2 Å². The van der Waals surface area contributed by atoms with Crippen molar-refractivity contribution in [2.24, 2.45) is 0 Å². The van der Waals surface area contributed by atoms with E-state index in [0.29, 0.717) is 43.1 Å². The largest absolute Gasteiger partial charge is 0.378 e. The van der Waals surface area contributed by atoms with E-state index in [1.54, 1.807) is 58.0 Å². The van der Waals surface area contributed by atoms with Crippen molar-refractivity contribution in [1.82, 2.24) is 14.3 Å². The second-order valence-electron chi connectivity index (χ2n) is 6.74. The lowest BCUT2D eigenvalue weighted by molar-refractivity contribution is 0.0300. The molecule has 1 aromatic carbocycles. The number of nitrogens with one attached hydrogen (secondary N) is 1. The van der Waals surface area contributed by atoms with Gasteiger partial charge in [0.15, 0.2) is 11.5 Å². The number of pyridine rings is 1. The van der Waals surface area contributed by atoms with Crippen molar-refractivity contribution < 1.29 is 19.1 Å². The summed E-state index contributed by atoms with van der Waals surface area (Å²) in [6, 6.07) is 12.0. The number of anilines is 1. The number of amides is 2. The van der Waals surface area contributed by atoms with E-state index in [1.165, 1.54) is 6.92 Å². The van der Waals surface area contributed by atoms with Crippen molar-refractivity contribution >= 4 is 28.8 Å². The highest BCUT2D eigenvalue weighted by molar-refractivity contribution is 6.06. The van der Waals surface area contributed by atoms with Crippen molar-refractivity contribution in [2.45, 2.75) is 6.92 Å². The zero-order valence-electron chi connectivity index (χ0n) is 15.9. The monoisotopic (exact) mass is 392 g/mol. The highest BCUT2D eigenvalue weighted by atomic mass is 16.5. The quantitative estimate of drug-likeness (QED) is 0.688. The number of aromatic nitrogens is 2. The Kier molecular flexibility index (Phi) is 5.09. The molecule has 148 valence electrons. The van der Waals surface area contributed by atoms with Gasteiger partial charge in [0, 0.05) is 30.5 Å². The third-order valence-electron chi connectivity index (χ3n) is 4.78. The van der Waals surface area contributed by atoms with E-state index < -0.39 is 5.91 Å². The van der Waals surface area contributed by atoms with E-state index in [4.69, 9.17) is 4.74 Å². The lowest BCUT2D eigenvalue weighted by Crippen LogP contribution is -2.40. The van der Waals surface area contributed by atoms with E-state index in [9.17, 15) is 14.4 Å². The lowest BCUT2D eigenvalue weighted by Gasteiger charge is -2.26. The van der Waals surface area contributed by atoms with Crippen LogP contribution in [0.5, 0.6) is 0 Å². The molecule has 2 amide bonds. The van der Waals surface area contributed by atoms with Crippen molar-refractivity contribution in [3.63, 3.8) is 0 Å². The molecule has 1 saturated heterocycles. The number of ether oxygens (including phenoxy) is 1. The van der Waals surface area contributed by atoms with E-state index in [0.717, 1.165) is 0 Å². The average Bonchev–Trinajstić information content (AvgIpc) is 3.14. The molecular weight excluding hydrogens is 372 g/mol. The van der Waals surface area contributed by atoms with Gasteiger partial charge in [0.2, 0.25) is 5.82 Å². The zero-order valence-corrected chi connectivity index (χ0v) is 15.9. The highest BCUT2D eigenvalue weighted by Crippen LogP contribution is 2.18. The van der Waals surface area contributed by atoms with E-state index in [2.05, 4.69) is 10.3 Å². The molecule has 29 heavy (non-hydrogen) atoms. The van der Waals surface area contributed by atoms with Gasteiger partial charge in [0.05, 0.1) is 18.7 Å². The first-order valence-corrected chi connectivity index (χ1v) is 9.31. The van der Waals surface area contributed by atoms with Crippen molar-refractivity contribution in [1.29, 1.82) is 0 Å². The van der Waals surface area contributed by atoms with Crippen LogP contribution in [0.25, 0.3) is 5.52 Å². The Morgan fingerprint density at radius 1 is 1.07 bits per heavy atom. The second-order valence-corrected chi connectivity index (χ2v) is 6.74. The molecule has 4 rings (SSSR count). The number of morpholine rings is 1. The summed E-state index contributed by atoms with van der Waals surface area (Å²) in [6.45, 7) is 3.41. The van der Waals surface area contributed by atoms with Crippen LogP contribution in [-0.2, 0) is 4.74 Å². The van der Waals surface area contributed by atoms with Gasteiger partial charge >= 0.3 is 0 Å². The Morgan fingerprint density at radius 2 is 1.86 bits per heavy atom. The van der Waals surface area contributed by atoms with Crippen LogP contribution in [0.15, 0.2) is 48.7 Å². The molecule has 0 saturated carbocycles. The van der Waals surface area contributed by atoms with Gasteiger partial charge in [0.25, 0.3) is 11.8 Å². The van der Waals surface area contributed by atoms with Gasteiger partial charge in [-0.3, -0.25) is 18.8 Å². The Bertz CT molecular complexity index is 1100. The first kappa shape index (κ1) is 18.8. The summed E-state index contributed by atoms with van der Waals surface area (Å²) in [5.74, 6) is -0.682. The molecule has 2 aromatic heterocycles. The lowest BCUT2D eigenvalue weighted by atomic mass is 10.1. The molecule has 3 heterocycles. The second kappa shape index (κ2) is 7.84. The van der Waals surface area contributed by atoms with Gasteiger partial charge in [-0.15, -0.1) is 0 Å². The molecule has 0 aliphatic carbocycles. The minimum atomic E-state index is -0.465. The number of rotatable bonds is 4. The Labute approximate surface area is 167 Å². The average molecular weight is 392 g/mol. The number of carbonyl (C=O) groups is 3. The number of Topliss-reactive ketones (excluding diaryl/α,β-unsaturated/α-hetero) is 1. The van der Waals surface area contributed by atoms with Crippen LogP contribution in [0.4, 0.5) is 5.69 Å². The predicted octanol–water partition coefficient (Wildman–Crippen LogP) is 2.26. The highest BCUT2D eigenvalue weighted by Gasteiger charge is 2.26. The standard InChI is InChI=1S/C21H20N4O4/c1-14(26)15-5-4-6-16(13-15)22-20(27)19-23-18(17-7-2-3-8-25(17)19)21(28)24-9-11-29-12-10-24/h2-8,13H,9-12H2,1H3,(H,22,27). The number of hydrogen-bond acceptors (Lipinski definition) is 5. The van der Waals surface area contributed by atoms with Gasteiger partial charge in [-0.25, -0.2) is 4.98 Å². The molecule has 0 bridgehead atoms. The molecule has 1 aliphatic heterocycles. The maximum Gasteiger partial charge on any atom is 0.292 e. The molecule has 1 fully saturated rings. The van der Waals surface area contributed by atoms with Crippen LogP contribution in [0.1, 0.15) is 38.4 Å². The zero-order chi connectivity index (χ0) is 20.4. The molecule has 1 N–H and O–H groups in total. The number of carbonyl (C=O) groups excluding carboxylic acids is 3. The third kappa shape index (κ3) is 3.74. The van der Waals surface area contributed by atoms with Crippen molar-refractivity contribution in [3.05, 3.63) is 65.7 Å². The van der Waals surface area contributed by atoms with Gasteiger partial charge in [-0.2, -0.15) is 0 Å². The molecule has 0 unspecified atom stereocenters. The van der Waals surface area contributed by atoms with Gasteiger partial charge in [0.1, 0.15) is 0 Å². The third-order valence-corrected chi connectivity index (χ3v) is 4.78. The summed E-state index contributed by atoms with van der Waals surface area (Å²) < 4.78 is 6.90. The Balaban J connectivity index is 1.67. The number of imidazole rings is 1. The molecule has 0 radical (unpaired) electrons. The fourth-order valence-electron chi connectivity index (χ4n) is 3.27. The fourth-order valence-corrected chi connectivity index (χ4v) is 3.27. The van der Waals surface area contributed by atoms with Crippen LogP contribution in [0.2, 0.25) is 0 Å². The minimum Gasteiger partial charge on any atom is -0.378 e. The van der Waals surface area contributed by atoms with Gasteiger partial charge < -0.3 is 15.0 Å². The summed E-state index contributed by atoms with van der Waals surface area (Å²) in [5, 5.41) is 2.76. The molecule has 8 nitrogen and oxygen atoms in total. The van der Waals surface area contributed by atoms with Crippen LogP contribution < -0.4 is 5.32 Å². The van der Waals surface area contributed by atoms with E-state index >= 15 is 0 Å². The van der Waals surface area contributed by atoms with Crippen LogP contribution in [-0.4, -0.2) is 58.2 Å². The number of ketones is 1. The summed E-state index contributed by atoms with van der Waals surface area (Å²) in [5.41, 5.74) is 1.78. The molecule has 0 atom stereocenters. The molecule has 8 heteroatoms. The SMILES string of the molecule is CC(=O)c1cccc(NC(=O)c2nc(C(=O)N3CCOCC3)c3ccccn23)c1. The molecule has 1 aliphatic rings. The summed E-state index contributed by atoms with van der Waals surface area (Å²) in [4.78, 5) is 43.5. The smallest absolute Gasteiger partial charge is 0.292 e. The number of fused-ring (bicyclic) bond motifs is 1. The number of hydrogen-bond donors (Lipinski definition) is 1. The number of benzene rings is 1. The van der Waals surface area contributed by atoms with Crippen LogP contribution in [0, 0.1) is 0 Å². The van der Waals surface area contributed by atoms with Gasteiger partial charge in [-0.1, -0.05) is 18.2 Å². The maximum atomic E-state index is 13.0. The molecular formula is C21H20N4O4. The van der Waals surface area contributed by atoms with Crippen LogP contribution >= 0.6 is 0 Å². The molecule has 0 spiro atoms.